The van der Waals surface area contributed by atoms with Crippen LogP contribution in [0.15, 0.2) is 48.8 Å². The minimum Gasteiger partial charge on any atom is -0.390 e. The Balaban J connectivity index is 1.70. The molecule has 0 amide bonds. The Morgan fingerprint density at radius 2 is 2.05 bits per heavy atom. The monoisotopic (exact) mass is 259 g/mol. The molecule has 0 saturated carbocycles. The molecule has 4 heteroatoms. The first-order chi connectivity index (χ1) is 9.24. The van der Waals surface area contributed by atoms with E-state index in [1.54, 1.807) is 10.9 Å². The van der Waals surface area contributed by atoms with Gasteiger partial charge in [0.1, 0.15) is 0 Å². The lowest BCUT2D eigenvalue weighted by Gasteiger charge is -2.17. The zero-order chi connectivity index (χ0) is 13.5. The molecular formula is C15H21N3O. The van der Waals surface area contributed by atoms with Gasteiger partial charge in [0.05, 0.1) is 12.6 Å². The van der Waals surface area contributed by atoms with E-state index in [4.69, 9.17) is 0 Å². The molecule has 1 heterocycles. The SMILES string of the molecule is CC(Cc1ccccc1)NCC(O)Cn1cccn1. The van der Waals surface area contributed by atoms with Crippen molar-refractivity contribution >= 4 is 0 Å². The van der Waals surface area contributed by atoms with Gasteiger partial charge in [-0.25, -0.2) is 0 Å². The van der Waals surface area contributed by atoms with Crippen molar-refractivity contribution in [3.8, 4) is 0 Å². The van der Waals surface area contributed by atoms with E-state index in [0.29, 0.717) is 19.1 Å². The maximum atomic E-state index is 9.91. The molecular weight excluding hydrogens is 238 g/mol. The van der Waals surface area contributed by atoms with E-state index in [2.05, 4.69) is 41.6 Å². The highest BCUT2D eigenvalue weighted by Crippen LogP contribution is 2.02. The number of aliphatic hydroxyl groups excluding tert-OH is 1. The molecule has 2 aromatic rings. The molecule has 1 aromatic carbocycles. The summed E-state index contributed by atoms with van der Waals surface area (Å²) in [6.07, 6.45) is 4.13. The Kier molecular flexibility index (Phi) is 5.12. The summed E-state index contributed by atoms with van der Waals surface area (Å²) in [5.41, 5.74) is 1.31. The molecule has 0 radical (unpaired) electrons. The standard InChI is InChI=1S/C15H21N3O/c1-13(10-14-6-3-2-4-7-14)16-11-15(19)12-18-9-5-8-17-18/h2-9,13,15-16,19H,10-12H2,1H3. The Morgan fingerprint density at radius 1 is 1.26 bits per heavy atom. The number of hydrogen-bond donors (Lipinski definition) is 2. The molecule has 0 aliphatic heterocycles. The van der Waals surface area contributed by atoms with Gasteiger partial charge in [0.25, 0.3) is 0 Å². The Bertz CT molecular complexity index is 456. The highest BCUT2D eigenvalue weighted by Gasteiger charge is 2.08. The summed E-state index contributed by atoms with van der Waals surface area (Å²) < 4.78 is 1.74. The summed E-state index contributed by atoms with van der Waals surface area (Å²) in [7, 11) is 0. The van der Waals surface area contributed by atoms with Gasteiger partial charge >= 0.3 is 0 Å². The summed E-state index contributed by atoms with van der Waals surface area (Å²) in [5, 5.41) is 17.3. The van der Waals surface area contributed by atoms with E-state index in [9.17, 15) is 5.11 Å². The van der Waals surface area contributed by atoms with Crippen LogP contribution in [0.25, 0.3) is 0 Å². The van der Waals surface area contributed by atoms with Crippen LogP contribution in [-0.2, 0) is 13.0 Å². The smallest absolute Gasteiger partial charge is 0.0860 e. The van der Waals surface area contributed by atoms with Crippen molar-refractivity contribution in [2.24, 2.45) is 0 Å². The van der Waals surface area contributed by atoms with Crippen LogP contribution in [0.3, 0.4) is 0 Å². The van der Waals surface area contributed by atoms with Crippen LogP contribution in [0.4, 0.5) is 0 Å². The van der Waals surface area contributed by atoms with Gasteiger partial charge in [-0.1, -0.05) is 30.3 Å². The van der Waals surface area contributed by atoms with Gasteiger partial charge in [0.15, 0.2) is 0 Å². The van der Waals surface area contributed by atoms with Gasteiger partial charge in [0, 0.05) is 25.0 Å². The van der Waals surface area contributed by atoms with Gasteiger partial charge in [0.2, 0.25) is 0 Å². The number of rotatable bonds is 7. The Morgan fingerprint density at radius 3 is 2.74 bits per heavy atom. The molecule has 19 heavy (non-hydrogen) atoms. The van der Waals surface area contributed by atoms with E-state index in [-0.39, 0.29) is 0 Å². The number of aromatic nitrogens is 2. The fourth-order valence-corrected chi connectivity index (χ4v) is 2.07. The molecule has 2 atom stereocenters. The maximum absolute atomic E-state index is 9.91. The molecule has 1 aromatic heterocycles. The van der Waals surface area contributed by atoms with Crippen molar-refractivity contribution < 1.29 is 5.11 Å². The fraction of sp³-hybridized carbons (Fsp3) is 0.400. The van der Waals surface area contributed by atoms with Crippen molar-refractivity contribution in [2.75, 3.05) is 6.54 Å². The second-order valence-electron chi connectivity index (χ2n) is 4.88. The van der Waals surface area contributed by atoms with Gasteiger partial charge < -0.3 is 10.4 Å². The molecule has 0 saturated heterocycles. The molecule has 0 bridgehead atoms. The van der Waals surface area contributed by atoms with Crippen molar-refractivity contribution in [1.29, 1.82) is 0 Å². The Labute approximate surface area is 114 Å². The molecule has 102 valence electrons. The number of benzene rings is 1. The number of aliphatic hydroxyl groups is 1. The van der Waals surface area contributed by atoms with Gasteiger partial charge in [-0.3, -0.25) is 4.68 Å². The summed E-state index contributed by atoms with van der Waals surface area (Å²) in [4.78, 5) is 0. The summed E-state index contributed by atoms with van der Waals surface area (Å²) >= 11 is 0. The number of nitrogens with zero attached hydrogens (tertiary/aromatic N) is 2. The van der Waals surface area contributed by atoms with Gasteiger partial charge in [-0.2, -0.15) is 5.10 Å². The first-order valence-corrected chi connectivity index (χ1v) is 6.67. The topological polar surface area (TPSA) is 50.1 Å². The van der Waals surface area contributed by atoms with Crippen LogP contribution in [0.5, 0.6) is 0 Å². The summed E-state index contributed by atoms with van der Waals surface area (Å²) in [5.74, 6) is 0. The third kappa shape index (κ3) is 4.85. The van der Waals surface area contributed by atoms with Crippen molar-refractivity contribution in [2.45, 2.75) is 32.0 Å². The quantitative estimate of drug-likeness (QED) is 0.791. The predicted molar refractivity (Wildman–Crippen MR) is 75.8 cm³/mol. The lowest BCUT2D eigenvalue weighted by molar-refractivity contribution is 0.143. The molecule has 2 rings (SSSR count). The molecule has 0 aliphatic carbocycles. The lowest BCUT2D eigenvalue weighted by Crippen LogP contribution is -2.36. The normalized spacial score (nSPS) is 14.2. The van der Waals surface area contributed by atoms with Crippen molar-refractivity contribution in [3.63, 3.8) is 0 Å². The summed E-state index contributed by atoms with van der Waals surface area (Å²) in [6, 6.07) is 12.6. The van der Waals surface area contributed by atoms with E-state index in [1.165, 1.54) is 5.56 Å². The molecule has 0 fully saturated rings. The first-order valence-electron chi connectivity index (χ1n) is 6.67. The molecule has 4 nitrogen and oxygen atoms in total. The lowest BCUT2D eigenvalue weighted by atomic mass is 10.1. The van der Waals surface area contributed by atoms with Gasteiger partial charge in [-0.15, -0.1) is 0 Å². The third-order valence-corrected chi connectivity index (χ3v) is 3.04. The largest absolute Gasteiger partial charge is 0.390 e. The van der Waals surface area contributed by atoms with Crippen LogP contribution >= 0.6 is 0 Å². The van der Waals surface area contributed by atoms with Crippen LogP contribution in [0, 0.1) is 0 Å². The number of hydrogen-bond acceptors (Lipinski definition) is 3. The molecule has 2 N–H and O–H groups in total. The number of nitrogens with one attached hydrogen (secondary N) is 1. The van der Waals surface area contributed by atoms with Crippen molar-refractivity contribution in [1.82, 2.24) is 15.1 Å². The minimum absolute atomic E-state index is 0.342. The predicted octanol–water partition coefficient (Wildman–Crippen LogP) is 1.46. The van der Waals surface area contributed by atoms with E-state index in [0.717, 1.165) is 6.42 Å². The van der Waals surface area contributed by atoms with Crippen LogP contribution in [0.1, 0.15) is 12.5 Å². The van der Waals surface area contributed by atoms with Gasteiger partial charge in [-0.05, 0) is 25.0 Å². The minimum atomic E-state index is -0.418. The molecule has 2 unspecified atom stereocenters. The second-order valence-corrected chi connectivity index (χ2v) is 4.88. The second kappa shape index (κ2) is 7.07. The zero-order valence-electron chi connectivity index (χ0n) is 11.2. The Hall–Kier alpha value is -1.65. The average Bonchev–Trinajstić information content (AvgIpc) is 2.90. The molecule has 0 spiro atoms. The van der Waals surface area contributed by atoms with E-state index < -0.39 is 6.10 Å². The highest BCUT2D eigenvalue weighted by molar-refractivity contribution is 5.15. The summed E-state index contributed by atoms with van der Waals surface area (Å²) in [6.45, 7) is 3.24. The zero-order valence-corrected chi connectivity index (χ0v) is 11.2. The van der Waals surface area contributed by atoms with Crippen LogP contribution < -0.4 is 5.32 Å². The molecule has 0 aliphatic rings. The first kappa shape index (κ1) is 13.8. The van der Waals surface area contributed by atoms with E-state index >= 15 is 0 Å². The van der Waals surface area contributed by atoms with Crippen LogP contribution in [0.2, 0.25) is 0 Å². The van der Waals surface area contributed by atoms with Crippen LogP contribution in [-0.4, -0.2) is 33.6 Å². The van der Waals surface area contributed by atoms with E-state index in [1.807, 2.05) is 18.3 Å². The average molecular weight is 259 g/mol. The highest BCUT2D eigenvalue weighted by atomic mass is 16.3. The maximum Gasteiger partial charge on any atom is 0.0860 e. The van der Waals surface area contributed by atoms with Crippen molar-refractivity contribution in [3.05, 3.63) is 54.4 Å². The third-order valence-electron chi connectivity index (χ3n) is 3.04. The fourth-order valence-electron chi connectivity index (χ4n) is 2.07.